The van der Waals surface area contributed by atoms with E-state index in [4.69, 9.17) is 5.11 Å². The standard InChI is InChI=1S/C11H16BrNO/c1-13(7-4-8-14)9-10-5-2-3-6-11(10)12/h2-3,5-6,14H,4,7-9H2,1H3. The van der Waals surface area contributed by atoms with Gasteiger partial charge in [0, 0.05) is 24.2 Å². The molecule has 0 fully saturated rings. The quantitative estimate of drug-likeness (QED) is 0.875. The van der Waals surface area contributed by atoms with Crippen molar-refractivity contribution < 1.29 is 5.11 Å². The van der Waals surface area contributed by atoms with Crippen molar-refractivity contribution in [2.45, 2.75) is 13.0 Å². The summed E-state index contributed by atoms with van der Waals surface area (Å²) in [6, 6.07) is 8.22. The summed E-state index contributed by atoms with van der Waals surface area (Å²) in [5, 5.41) is 8.70. The SMILES string of the molecule is CN(CCCO)Cc1ccccc1Br. The van der Waals surface area contributed by atoms with Crippen LogP contribution in [0.25, 0.3) is 0 Å². The molecule has 1 N–H and O–H groups in total. The van der Waals surface area contributed by atoms with Gasteiger partial charge in [0.15, 0.2) is 0 Å². The third-order valence-electron chi connectivity index (χ3n) is 2.10. The molecule has 1 aromatic carbocycles. The highest BCUT2D eigenvalue weighted by Gasteiger charge is 2.02. The van der Waals surface area contributed by atoms with Crippen LogP contribution in [0.3, 0.4) is 0 Å². The lowest BCUT2D eigenvalue weighted by Crippen LogP contribution is -2.20. The molecule has 0 aliphatic rings. The number of benzene rings is 1. The fraction of sp³-hybridized carbons (Fsp3) is 0.455. The highest BCUT2D eigenvalue weighted by molar-refractivity contribution is 9.10. The highest BCUT2D eigenvalue weighted by atomic mass is 79.9. The molecule has 0 aliphatic carbocycles. The van der Waals surface area contributed by atoms with E-state index in [9.17, 15) is 0 Å². The van der Waals surface area contributed by atoms with Crippen molar-refractivity contribution in [2.24, 2.45) is 0 Å². The molecule has 78 valence electrons. The largest absolute Gasteiger partial charge is 0.396 e. The molecule has 0 aliphatic heterocycles. The maximum absolute atomic E-state index is 8.70. The van der Waals surface area contributed by atoms with Gasteiger partial charge in [-0.3, -0.25) is 0 Å². The summed E-state index contributed by atoms with van der Waals surface area (Å²) in [5.74, 6) is 0. The average molecular weight is 258 g/mol. The molecule has 0 radical (unpaired) electrons. The van der Waals surface area contributed by atoms with Gasteiger partial charge in [0.1, 0.15) is 0 Å². The van der Waals surface area contributed by atoms with Gasteiger partial charge >= 0.3 is 0 Å². The molecule has 1 rings (SSSR count). The summed E-state index contributed by atoms with van der Waals surface area (Å²) in [4.78, 5) is 2.20. The number of aliphatic hydroxyl groups is 1. The molecule has 0 spiro atoms. The van der Waals surface area contributed by atoms with Crippen molar-refractivity contribution in [2.75, 3.05) is 20.2 Å². The molecule has 0 aromatic heterocycles. The molecule has 3 heteroatoms. The monoisotopic (exact) mass is 257 g/mol. The zero-order valence-electron chi connectivity index (χ0n) is 8.41. The summed E-state index contributed by atoms with van der Waals surface area (Å²) in [5.41, 5.74) is 1.29. The molecular weight excluding hydrogens is 242 g/mol. The zero-order chi connectivity index (χ0) is 10.4. The second kappa shape index (κ2) is 6.17. The van der Waals surface area contributed by atoms with Crippen LogP contribution in [0.15, 0.2) is 28.7 Å². The van der Waals surface area contributed by atoms with E-state index in [1.54, 1.807) is 0 Å². The Bertz CT molecular complexity index is 278. The molecule has 0 saturated heterocycles. The van der Waals surface area contributed by atoms with Crippen LogP contribution >= 0.6 is 15.9 Å². The van der Waals surface area contributed by atoms with Gasteiger partial charge in [-0.2, -0.15) is 0 Å². The van der Waals surface area contributed by atoms with Crippen molar-refractivity contribution in [3.05, 3.63) is 34.3 Å². The number of rotatable bonds is 5. The molecule has 0 amide bonds. The predicted octanol–water partition coefficient (Wildman–Crippen LogP) is 2.26. The molecule has 0 bridgehead atoms. The summed E-state index contributed by atoms with van der Waals surface area (Å²) >= 11 is 3.52. The third-order valence-corrected chi connectivity index (χ3v) is 2.87. The first-order valence-corrected chi connectivity index (χ1v) is 5.56. The number of aliphatic hydroxyl groups excluding tert-OH is 1. The number of hydrogen-bond acceptors (Lipinski definition) is 2. The van der Waals surface area contributed by atoms with E-state index in [0.717, 1.165) is 24.0 Å². The van der Waals surface area contributed by atoms with Gasteiger partial charge in [-0.25, -0.2) is 0 Å². The Morgan fingerprint density at radius 3 is 2.71 bits per heavy atom. The van der Waals surface area contributed by atoms with Crippen LogP contribution in [0, 0.1) is 0 Å². The lowest BCUT2D eigenvalue weighted by atomic mass is 10.2. The summed E-state index contributed by atoms with van der Waals surface area (Å²) in [6.45, 7) is 2.11. The van der Waals surface area contributed by atoms with Gasteiger partial charge in [0.05, 0.1) is 0 Å². The van der Waals surface area contributed by atoms with Crippen molar-refractivity contribution in [1.29, 1.82) is 0 Å². The van der Waals surface area contributed by atoms with E-state index < -0.39 is 0 Å². The third kappa shape index (κ3) is 3.78. The molecule has 14 heavy (non-hydrogen) atoms. The fourth-order valence-corrected chi connectivity index (χ4v) is 1.75. The predicted molar refractivity (Wildman–Crippen MR) is 62.2 cm³/mol. The molecule has 0 saturated carbocycles. The highest BCUT2D eigenvalue weighted by Crippen LogP contribution is 2.17. The molecule has 0 heterocycles. The second-order valence-electron chi connectivity index (χ2n) is 3.41. The Morgan fingerprint density at radius 2 is 2.07 bits per heavy atom. The van der Waals surface area contributed by atoms with Crippen molar-refractivity contribution >= 4 is 15.9 Å². The number of halogens is 1. The van der Waals surface area contributed by atoms with Crippen LogP contribution < -0.4 is 0 Å². The minimum atomic E-state index is 0.264. The van der Waals surface area contributed by atoms with Gasteiger partial charge in [0.25, 0.3) is 0 Å². The summed E-state index contributed by atoms with van der Waals surface area (Å²) in [6.07, 6.45) is 0.834. The molecular formula is C11H16BrNO. The van der Waals surface area contributed by atoms with Crippen LogP contribution in [0.2, 0.25) is 0 Å². The average Bonchev–Trinajstić information content (AvgIpc) is 2.18. The van der Waals surface area contributed by atoms with Gasteiger partial charge < -0.3 is 10.0 Å². The first-order chi connectivity index (χ1) is 6.74. The van der Waals surface area contributed by atoms with E-state index in [2.05, 4.69) is 40.0 Å². The minimum absolute atomic E-state index is 0.264. The van der Waals surface area contributed by atoms with Crippen molar-refractivity contribution in [3.63, 3.8) is 0 Å². The van der Waals surface area contributed by atoms with Crippen LogP contribution in [-0.4, -0.2) is 30.2 Å². The molecule has 0 atom stereocenters. The first-order valence-electron chi connectivity index (χ1n) is 4.77. The molecule has 1 aromatic rings. The van der Waals surface area contributed by atoms with Gasteiger partial charge in [0.2, 0.25) is 0 Å². The van der Waals surface area contributed by atoms with E-state index in [0.29, 0.717) is 0 Å². The lowest BCUT2D eigenvalue weighted by Gasteiger charge is -2.16. The van der Waals surface area contributed by atoms with Gasteiger partial charge in [-0.05, 0) is 25.1 Å². The van der Waals surface area contributed by atoms with Crippen molar-refractivity contribution in [3.8, 4) is 0 Å². The summed E-state index contributed by atoms with van der Waals surface area (Å²) < 4.78 is 1.15. The number of nitrogens with zero attached hydrogens (tertiary/aromatic N) is 1. The molecule has 2 nitrogen and oxygen atoms in total. The van der Waals surface area contributed by atoms with Crippen LogP contribution in [-0.2, 0) is 6.54 Å². The minimum Gasteiger partial charge on any atom is -0.396 e. The second-order valence-corrected chi connectivity index (χ2v) is 4.26. The van der Waals surface area contributed by atoms with Crippen LogP contribution in [0.1, 0.15) is 12.0 Å². The van der Waals surface area contributed by atoms with Crippen LogP contribution in [0.5, 0.6) is 0 Å². The van der Waals surface area contributed by atoms with E-state index in [1.165, 1.54) is 5.56 Å². The van der Waals surface area contributed by atoms with E-state index >= 15 is 0 Å². The van der Waals surface area contributed by atoms with Crippen molar-refractivity contribution in [1.82, 2.24) is 4.90 Å². The van der Waals surface area contributed by atoms with E-state index in [-0.39, 0.29) is 6.61 Å². The maximum atomic E-state index is 8.70. The normalized spacial score (nSPS) is 10.9. The smallest absolute Gasteiger partial charge is 0.0443 e. The van der Waals surface area contributed by atoms with Gasteiger partial charge in [-0.15, -0.1) is 0 Å². The Labute approximate surface area is 93.7 Å². The van der Waals surface area contributed by atoms with Crippen LogP contribution in [0.4, 0.5) is 0 Å². The first kappa shape index (κ1) is 11.7. The number of hydrogen-bond donors (Lipinski definition) is 1. The Balaban J connectivity index is 2.47. The Hall–Kier alpha value is -0.380. The summed E-state index contributed by atoms with van der Waals surface area (Å²) in [7, 11) is 2.06. The fourth-order valence-electron chi connectivity index (χ4n) is 1.34. The maximum Gasteiger partial charge on any atom is 0.0443 e. The topological polar surface area (TPSA) is 23.5 Å². The van der Waals surface area contributed by atoms with Gasteiger partial charge in [-0.1, -0.05) is 34.1 Å². The molecule has 0 unspecified atom stereocenters. The van der Waals surface area contributed by atoms with E-state index in [1.807, 2.05) is 12.1 Å². The Morgan fingerprint density at radius 1 is 1.36 bits per heavy atom. The Kier molecular flexibility index (Phi) is 5.15. The lowest BCUT2D eigenvalue weighted by molar-refractivity contribution is 0.244. The zero-order valence-corrected chi connectivity index (χ0v) is 10.00.